The van der Waals surface area contributed by atoms with Gasteiger partial charge in [0, 0.05) is 10.6 Å². The Hall–Kier alpha value is -1.49. The Balaban J connectivity index is 2.28. The predicted molar refractivity (Wildman–Crippen MR) is 73.3 cm³/mol. The normalized spacial score (nSPS) is 12.4. The predicted octanol–water partition coefficient (Wildman–Crippen LogP) is 3.73. The molecule has 0 fully saturated rings. The van der Waals surface area contributed by atoms with E-state index in [0.29, 0.717) is 27.1 Å². The zero-order valence-corrected chi connectivity index (χ0v) is 11.3. The fourth-order valence-electron chi connectivity index (χ4n) is 1.67. The molecule has 0 aliphatic carbocycles. The number of furan rings is 1. The number of rotatable bonds is 4. The maximum Gasteiger partial charge on any atom is 0.305 e. The van der Waals surface area contributed by atoms with Crippen molar-refractivity contribution in [1.29, 1.82) is 0 Å². The summed E-state index contributed by atoms with van der Waals surface area (Å²) in [5, 5.41) is 9.68. The summed E-state index contributed by atoms with van der Waals surface area (Å²) in [7, 11) is 0. The molecule has 0 aliphatic heterocycles. The lowest BCUT2D eigenvalue weighted by Gasteiger charge is -2.05. The van der Waals surface area contributed by atoms with Crippen LogP contribution in [0.2, 0.25) is 10.0 Å². The number of carbonyl (C=O) groups is 1. The summed E-state index contributed by atoms with van der Waals surface area (Å²) >= 11 is 11.9. The van der Waals surface area contributed by atoms with Crippen LogP contribution in [0.3, 0.4) is 0 Å². The van der Waals surface area contributed by atoms with Gasteiger partial charge in [-0.2, -0.15) is 0 Å². The molecule has 1 aromatic heterocycles. The molecule has 6 heteroatoms. The van der Waals surface area contributed by atoms with Crippen molar-refractivity contribution in [2.45, 2.75) is 12.5 Å². The van der Waals surface area contributed by atoms with Crippen molar-refractivity contribution in [1.82, 2.24) is 0 Å². The van der Waals surface area contributed by atoms with Crippen molar-refractivity contribution in [2.75, 3.05) is 0 Å². The van der Waals surface area contributed by atoms with Crippen LogP contribution in [0.4, 0.5) is 0 Å². The van der Waals surface area contributed by atoms with E-state index in [1.807, 2.05) is 0 Å². The van der Waals surface area contributed by atoms with Crippen LogP contribution in [0.15, 0.2) is 34.7 Å². The van der Waals surface area contributed by atoms with E-state index in [-0.39, 0.29) is 6.42 Å². The molecule has 0 unspecified atom stereocenters. The highest BCUT2D eigenvalue weighted by molar-refractivity contribution is 6.36. The van der Waals surface area contributed by atoms with Crippen LogP contribution in [0.25, 0.3) is 11.3 Å². The molecule has 3 N–H and O–H groups in total. The van der Waals surface area contributed by atoms with Gasteiger partial charge < -0.3 is 15.3 Å². The first-order valence-corrected chi connectivity index (χ1v) is 6.25. The smallest absolute Gasteiger partial charge is 0.305 e. The summed E-state index contributed by atoms with van der Waals surface area (Å²) in [6, 6.07) is 7.70. The van der Waals surface area contributed by atoms with E-state index < -0.39 is 12.0 Å². The molecule has 0 saturated heterocycles. The number of carboxylic acids is 1. The molecule has 2 aromatic rings. The summed E-state index contributed by atoms with van der Waals surface area (Å²) < 4.78 is 5.54. The Morgan fingerprint density at radius 2 is 2.05 bits per heavy atom. The van der Waals surface area contributed by atoms with E-state index in [1.54, 1.807) is 30.3 Å². The molecule has 0 bridgehead atoms. The molecular formula is C13H11Cl2NO3. The molecular weight excluding hydrogens is 289 g/mol. The minimum absolute atomic E-state index is 0.193. The van der Waals surface area contributed by atoms with Crippen LogP contribution in [0.1, 0.15) is 18.2 Å². The van der Waals surface area contributed by atoms with Crippen molar-refractivity contribution in [2.24, 2.45) is 5.73 Å². The van der Waals surface area contributed by atoms with Gasteiger partial charge in [-0.3, -0.25) is 4.79 Å². The third kappa shape index (κ3) is 3.29. The fourth-order valence-corrected chi connectivity index (χ4v) is 2.18. The second-order valence-corrected chi connectivity index (χ2v) is 4.87. The molecule has 100 valence electrons. The van der Waals surface area contributed by atoms with Gasteiger partial charge in [0.1, 0.15) is 11.5 Å². The SMILES string of the molecule is N[C@@H](CC(=O)O)c1ccc(-c2ccc(Cl)cc2Cl)o1. The lowest BCUT2D eigenvalue weighted by Crippen LogP contribution is -2.14. The quantitative estimate of drug-likeness (QED) is 0.902. The third-order valence-corrected chi connectivity index (χ3v) is 3.13. The maximum absolute atomic E-state index is 10.6. The second-order valence-electron chi connectivity index (χ2n) is 4.03. The van der Waals surface area contributed by atoms with Gasteiger partial charge in [-0.05, 0) is 30.3 Å². The maximum atomic E-state index is 10.6. The van der Waals surface area contributed by atoms with Gasteiger partial charge in [0.15, 0.2) is 0 Å². The van der Waals surface area contributed by atoms with Gasteiger partial charge in [0.25, 0.3) is 0 Å². The molecule has 2 rings (SSSR count). The summed E-state index contributed by atoms with van der Waals surface area (Å²) in [5.41, 5.74) is 6.40. The van der Waals surface area contributed by atoms with Crippen molar-refractivity contribution < 1.29 is 14.3 Å². The van der Waals surface area contributed by atoms with Crippen LogP contribution in [-0.2, 0) is 4.79 Å². The third-order valence-electron chi connectivity index (χ3n) is 2.58. The zero-order valence-electron chi connectivity index (χ0n) is 9.77. The lowest BCUT2D eigenvalue weighted by molar-refractivity contribution is -0.137. The molecule has 1 aromatic carbocycles. The number of hydrogen-bond acceptors (Lipinski definition) is 3. The van der Waals surface area contributed by atoms with E-state index >= 15 is 0 Å². The van der Waals surface area contributed by atoms with Gasteiger partial charge in [-0.15, -0.1) is 0 Å². The number of aliphatic carboxylic acids is 1. The molecule has 19 heavy (non-hydrogen) atoms. The molecule has 0 amide bonds. The Morgan fingerprint density at radius 3 is 2.68 bits per heavy atom. The summed E-state index contributed by atoms with van der Waals surface area (Å²) in [6.07, 6.45) is -0.193. The summed E-state index contributed by atoms with van der Waals surface area (Å²) in [6.45, 7) is 0. The monoisotopic (exact) mass is 299 g/mol. The highest BCUT2D eigenvalue weighted by Crippen LogP contribution is 2.32. The molecule has 0 saturated carbocycles. The standard InChI is InChI=1S/C13H11Cl2NO3/c14-7-1-2-8(9(15)5-7)11-3-4-12(19-11)10(16)6-13(17)18/h1-5,10H,6,16H2,(H,17,18)/t10-/m0/s1. The minimum atomic E-state index is -0.977. The number of nitrogens with two attached hydrogens (primary N) is 1. The van der Waals surface area contributed by atoms with Crippen molar-refractivity contribution >= 4 is 29.2 Å². The average molecular weight is 300 g/mol. The Bertz CT molecular complexity index is 610. The van der Waals surface area contributed by atoms with Crippen LogP contribution in [-0.4, -0.2) is 11.1 Å². The van der Waals surface area contributed by atoms with E-state index in [4.69, 9.17) is 38.5 Å². The van der Waals surface area contributed by atoms with Gasteiger partial charge in [-0.25, -0.2) is 0 Å². The number of hydrogen-bond donors (Lipinski definition) is 2. The molecule has 0 spiro atoms. The number of benzene rings is 1. The minimum Gasteiger partial charge on any atom is -0.481 e. The molecule has 1 heterocycles. The second kappa shape index (κ2) is 5.65. The van der Waals surface area contributed by atoms with E-state index in [9.17, 15) is 4.79 Å². The van der Waals surface area contributed by atoms with Gasteiger partial charge in [0.05, 0.1) is 17.5 Å². The Labute approximate surface area is 119 Å². The highest BCUT2D eigenvalue weighted by atomic mass is 35.5. The molecule has 0 aliphatic rings. The van der Waals surface area contributed by atoms with E-state index in [0.717, 1.165) is 0 Å². The summed E-state index contributed by atoms with van der Waals surface area (Å²) in [4.78, 5) is 10.6. The van der Waals surface area contributed by atoms with E-state index in [2.05, 4.69) is 0 Å². The number of halogens is 2. The Kier molecular flexibility index (Phi) is 4.14. The molecule has 0 radical (unpaired) electrons. The van der Waals surface area contributed by atoms with Crippen LogP contribution < -0.4 is 5.73 Å². The largest absolute Gasteiger partial charge is 0.481 e. The lowest BCUT2D eigenvalue weighted by atomic mass is 10.1. The first-order chi connectivity index (χ1) is 8.97. The van der Waals surface area contributed by atoms with E-state index in [1.165, 1.54) is 0 Å². The van der Waals surface area contributed by atoms with Gasteiger partial charge >= 0.3 is 5.97 Å². The fraction of sp³-hybridized carbons (Fsp3) is 0.154. The van der Waals surface area contributed by atoms with Crippen molar-refractivity contribution in [3.05, 3.63) is 46.1 Å². The highest BCUT2D eigenvalue weighted by Gasteiger charge is 2.16. The topological polar surface area (TPSA) is 76.5 Å². The molecule has 4 nitrogen and oxygen atoms in total. The zero-order chi connectivity index (χ0) is 14.0. The van der Waals surface area contributed by atoms with Crippen molar-refractivity contribution in [3.63, 3.8) is 0 Å². The number of carboxylic acid groups (broad SMARTS) is 1. The van der Waals surface area contributed by atoms with Crippen LogP contribution in [0, 0.1) is 0 Å². The Morgan fingerprint density at radius 1 is 1.32 bits per heavy atom. The van der Waals surface area contributed by atoms with Crippen molar-refractivity contribution in [3.8, 4) is 11.3 Å². The van der Waals surface area contributed by atoms with Gasteiger partial charge in [0.2, 0.25) is 0 Å². The average Bonchev–Trinajstić information content (AvgIpc) is 2.77. The molecule has 1 atom stereocenters. The van der Waals surface area contributed by atoms with Crippen LogP contribution >= 0.6 is 23.2 Å². The first-order valence-electron chi connectivity index (χ1n) is 5.50. The van der Waals surface area contributed by atoms with Crippen LogP contribution in [0.5, 0.6) is 0 Å². The summed E-state index contributed by atoms with van der Waals surface area (Å²) in [5.74, 6) is -0.0455. The first kappa shape index (κ1) is 13.9. The van der Waals surface area contributed by atoms with Gasteiger partial charge in [-0.1, -0.05) is 23.2 Å².